The summed E-state index contributed by atoms with van der Waals surface area (Å²) in [4.78, 5) is 0. The summed E-state index contributed by atoms with van der Waals surface area (Å²) in [6.07, 6.45) is 6.17. The van der Waals surface area contributed by atoms with Gasteiger partial charge in [-0.1, -0.05) is 53.3 Å². The molecule has 2 atom stereocenters. The van der Waals surface area contributed by atoms with E-state index in [-0.39, 0.29) is 0 Å². The first-order valence-electron chi connectivity index (χ1n) is 2.90. The minimum absolute atomic E-state index is 0.570. The fourth-order valence-electron chi connectivity index (χ4n) is 0.709. The van der Waals surface area contributed by atoms with Gasteiger partial charge in [-0.15, -0.1) is 0 Å². The van der Waals surface area contributed by atoms with Crippen LogP contribution in [-0.2, 0) is 0 Å². The zero-order valence-electron chi connectivity index (χ0n) is 5.14. The molecule has 0 radical (unpaired) electrons. The summed E-state index contributed by atoms with van der Waals surface area (Å²) in [5, 5.41) is 0.868. The van der Waals surface area contributed by atoms with Gasteiger partial charge in [0.15, 0.2) is 0 Å². The maximum absolute atomic E-state index is 5.75. The van der Waals surface area contributed by atoms with Gasteiger partial charge in [-0.25, -0.2) is 0 Å². The summed E-state index contributed by atoms with van der Waals surface area (Å²) in [6, 6.07) is 0. The van der Waals surface area contributed by atoms with Crippen molar-refractivity contribution in [2.45, 2.75) is 10.8 Å². The van der Waals surface area contributed by atoms with Crippen LogP contribution in [0.25, 0.3) is 0 Å². The number of alkyl halides is 1. The molecular weight excluding hydrogens is 246 g/mol. The third-order valence-electron chi connectivity index (χ3n) is 1.38. The number of halogens is 2. The van der Waals surface area contributed by atoms with Crippen LogP contribution in [0.5, 0.6) is 0 Å². The lowest BCUT2D eigenvalue weighted by atomic mass is 10.0. The Morgan fingerprint density at radius 2 is 2.33 bits per heavy atom. The van der Waals surface area contributed by atoms with E-state index in [2.05, 4.69) is 41.7 Å². The van der Waals surface area contributed by atoms with Gasteiger partial charge in [-0.3, -0.25) is 0 Å². The normalized spacial score (nSPS) is 34.3. The maximum atomic E-state index is 5.75. The van der Waals surface area contributed by atoms with E-state index in [1.54, 1.807) is 0 Å². The predicted octanol–water partition coefficient (Wildman–Crippen LogP) is 3.12. The Morgan fingerprint density at radius 1 is 1.67 bits per heavy atom. The molecule has 0 saturated carbocycles. The minimum Gasteiger partial charge on any atom is -0.0847 e. The highest BCUT2D eigenvalue weighted by molar-refractivity contribution is 14.1. The molecule has 0 amide bonds. The molecule has 0 aromatic carbocycles. The fourth-order valence-corrected chi connectivity index (χ4v) is 1.76. The lowest BCUT2D eigenvalue weighted by molar-refractivity contribution is 0.771. The molecule has 50 valence electrons. The Hall–Kier alpha value is 0.500. The highest BCUT2D eigenvalue weighted by atomic mass is 127. The standard InChI is InChI=1S/C7H8ClI/c1-5-2-3-6(8)4-7(5)9/h2-5,7H,1H3/t5?,7-/m0/s1. The van der Waals surface area contributed by atoms with Gasteiger partial charge < -0.3 is 0 Å². The van der Waals surface area contributed by atoms with Crippen LogP contribution in [-0.4, -0.2) is 3.92 Å². The van der Waals surface area contributed by atoms with Crippen molar-refractivity contribution in [2.24, 2.45) is 5.92 Å². The highest BCUT2D eigenvalue weighted by Gasteiger charge is 2.11. The molecule has 0 aromatic heterocycles. The van der Waals surface area contributed by atoms with Gasteiger partial charge in [-0.2, -0.15) is 0 Å². The average molecular weight is 254 g/mol. The molecule has 1 rings (SSSR count). The number of hydrogen-bond donors (Lipinski definition) is 0. The van der Waals surface area contributed by atoms with Crippen molar-refractivity contribution in [3.05, 3.63) is 23.3 Å². The van der Waals surface area contributed by atoms with Crippen LogP contribution in [0.1, 0.15) is 6.92 Å². The molecule has 0 spiro atoms. The van der Waals surface area contributed by atoms with Crippen LogP contribution in [0.15, 0.2) is 23.3 Å². The predicted molar refractivity (Wildman–Crippen MR) is 50.0 cm³/mol. The third-order valence-corrected chi connectivity index (χ3v) is 3.13. The molecule has 0 bridgehead atoms. The van der Waals surface area contributed by atoms with Crippen molar-refractivity contribution in [3.8, 4) is 0 Å². The van der Waals surface area contributed by atoms with Gasteiger partial charge in [0.1, 0.15) is 0 Å². The average Bonchev–Trinajstić information content (AvgIpc) is 1.80. The second kappa shape index (κ2) is 3.06. The Bertz CT molecular complexity index is 160. The quantitative estimate of drug-likeness (QED) is 0.460. The topological polar surface area (TPSA) is 0 Å². The van der Waals surface area contributed by atoms with Crippen molar-refractivity contribution in [1.29, 1.82) is 0 Å². The summed E-state index contributed by atoms with van der Waals surface area (Å²) in [7, 11) is 0. The molecule has 0 fully saturated rings. The molecule has 0 N–H and O–H groups in total. The molecule has 0 heterocycles. The van der Waals surface area contributed by atoms with Gasteiger partial charge in [0.2, 0.25) is 0 Å². The van der Waals surface area contributed by atoms with Crippen molar-refractivity contribution in [3.63, 3.8) is 0 Å². The number of rotatable bonds is 0. The van der Waals surface area contributed by atoms with Gasteiger partial charge >= 0.3 is 0 Å². The summed E-state index contributed by atoms with van der Waals surface area (Å²) >= 11 is 8.13. The maximum Gasteiger partial charge on any atom is 0.0373 e. The monoisotopic (exact) mass is 254 g/mol. The molecule has 0 aromatic rings. The lowest BCUT2D eigenvalue weighted by Crippen LogP contribution is -2.07. The summed E-state index contributed by atoms with van der Waals surface area (Å²) in [5.74, 6) is 0.632. The minimum atomic E-state index is 0.570. The molecule has 1 aliphatic rings. The number of hydrogen-bond acceptors (Lipinski definition) is 0. The Labute approximate surface area is 74.1 Å². The van der Waals surface area contributed by atoms with Gasteiger partial charge in [-0.05, 0) is 12.0 Å². The van der Waals surface area contributed by atoms with Gasteiger partial charge in [0.25, 0.3) is 0 Å². The van der Waals surface area contributed by atoms with E-state index in [0.29, 0.717) is 9.84 Å². The fraction of sp³-hybridized carbons (Fsp3) is 0.429. The van der Waals surface area contributed by atoms with Gasteiger partial charge in [0.05, 0.1) is 0 Å². The van der Waals surface area contributed by atoms with Crippen LogP contribution < -0.4 is 0 Å². The van der Waals surface area contributed by atoms with E-state index >= 15 is 0 Å². The Morgan fingerprint density at radius 3 is 2.78 bits per heavy atom. The largest absolute Gasteiger partial charge is 0.0847 e. The molecule has 0 saturated heterocycles. The summed E-state index contributed by atoms with van der Waals surface area (Å²) in [6.45, 7) is 2.19. The molecule has 2 heteroatoms. The molecule has 0 aliphatic heterocycles. The van der Waals surface area contributed by atoms with Crippen LogP contribution in [0.3, 0.4) is 0 Å². The van der Waals surface area contributed by atoms with Crippen LogP contribution in [0, 0.1) is 5.92 Å². The van der Waals surface area contributed by atoms with Crippen LogP contribution >= 0.6 is 34.2 Å². The third kappa shape index (κ3) is 1.97. The Balaban J connectivity index is 2.70. The second-order valence-electron chi connectivity index (χ2n) is 2.21. The summed E-state index contributed by atoms with van der Waals surface area (Å²) < 4.78 is 0.570. The SMILES string of the molecule is CC1C=CC(Cl)=C[C@@H]1I. The lowest BCUT2D eigenvalue weighted by Gasteiger charge is -2.14. The van der Waals surface area contributed by atoms with E-state index in [4.69, 9.17) is 11.6 Å². The zero-order valence-corrected chi connectivity index (χ0v) is 8.06. The Kier molecular flexibility index (Phi) is 2.59. The van der Waals surface area contributed by atoms with Crippen LogP contribution in [0.4, 0.5) is 0 Å². The molecule has 9 heavy (non-hydrogen) atoms. The first-order valence-corrected chi connectivity index (χ1v) is 4.52. The molecule has 0 nitrogen and oxygen atoms in total. The van der Waals surface area contributed by atoms with Crippen molar-refractivity contribution in [1.82, 2.24) is 0 Å². The van der Waals surface area contributed by atoms with Crippen molar-refractivity contribution >= 4 is 34.2 Å². The first kappa shape index (κ1) is 7.61. The zero-order chi connectivity index (χ0) is 6.85. The van der Waals surface area contributed by atoms with Crippen molar-refractivity contribution < 1.29 is 0 Å². The van der Waals surface area contributed by atoms with E-state index in [9.17, 15) is 0 Å². The second-order valence-corrected chi connectivity index (χ2v) is 4.09. The number of allylic oxidation sites excluding steroid dienone is 4. The van der Waals surface area contributed by atoms with E-state index in [1.165, 1.54) is 0 Å². The van der Waals surface area contributed by atoms with E-state index in [0.717, 1.165) is 5.03 Å². The smallest absolute Gasteiger partial charge is 0.0373 e. The van der Waals surface area contributed by atoms with Crippen LogP contribution in [0.2, 0.25) is 0 Å². The van der Waals surface area contributed by atoms with Gasteiger partial charge in [0, 0.05) is 8.96 Å². The molecule has 1 unspecified atom stereocenters. The van der Waals surface area contributed by atoms with E-state index < -0.39 is 0 Å². The molecular formula is C7H8ClI. The molecule has 1 aliphatic carbocycles. The van der Waals surface area contributed by atoms with Crippen molar-refractivity contribution in [2.75, 3.05) is 0 Å². The van der Waals surface area contributed by atoms with E-state index in [1.807, 2.05) is 6.08 Å². The first-order chi connectivity index (χ1) is 4.20. The highest BCUT2D eigenvalue weighted by Crippen LogP contribution is 2.24. The summed E-state index contributed by atoms with van der Waals surface area (Å²) in [5.41, 5.74) is 0.